The van der Waals surface area contributed by atoms with Crippen LogP contribution in [0.4, 0.5) is 5.69 Å². The lowest BCUT2D eigenvalue weighted by Crippen LogP contribution is -2.35. The summed E-state index contributed by atoms with van der Waals surface area (Å²) in [5, 5.41) is 3.61. The molecule has 2 aliphatic rings. The zero-order chi connectivity index (χ0) is 14.8. The van der Waals surface area contributed by atoms with Gasteiger partial charge in [-0.15, -0.1) is 0 Å². The summed E-state index contributed by atoms with van der Waals surface area (Å²) in [6.45, 7) is 9.84. The molecule has 21 heavy (non-hydrogen) atoms. The molecule has 4 heteroatoms. The quantitative estimate of drug-likeness (QED) is 0.904. The third-order valence-corrected chi connectivity index (χ3v) is 4.51. The summed E-state index contributed by atoms with van der Waals surface area (Å²) in [6.07, 6.45) is 7.32. The molecule has 1 unspecified atom stereocenters. The van der Waals surface area contributed by atoms with Crippen molar-refractivity contribution in [3.05, 3.63) is 17.7 Å². The van der Waals surface area contributed by atoms with Gasteiger partial charge in [0, 0.05) is 31.6 Å². The van der Waals surface area contributed by atoms with Crippen molar-refractivity contribution in [2.75, 3.05) is 18.0 Å². The fourth-order valence-electron chi connectivity index (χ4n) is 3.04. The van der Waals surface area contributed by atoms with E-state index in [2.05, 4.69) is 42.2 Å². The van der Waals surface area contributed by atoms with Crippen molar-refractivity contribution in [2.45, 2.75) is 65.0 Å². The highest BCUT2D eigenvalue weighted by molar-refractivity contribution is 5.49. The Labute approximate surface area is 128 Å². The van der Waals surface area contributed by atoms with Gasteiger partial charge in [-0.05, 0) is 31.6 Å². The van der Waals surface area contributed by atoms with Crippen LogP contribution < -0.4 is 10.2 Å². The van der Waals surface area contributed by atoms with Crippen LogP contribution >= 0.6 is 0 Å². The van der Waals surface area contributed by atoms with E-state index in [1.807, 2.05) is 0 Å². The van der Waals surface area contributed by atoms with Crippen molar-refractivity contribution < 1.29 is 0 Å². The van der Waals surface area contributed by atoms with E-state index in [0.29, 0.717) is 5.92 Å². The summed E-state index contributed by atoms with van der Waals surface area (Å²) in [7, 11) is 0. The zero-order valence-electron chi connectivity index (χ0n) is 13.6. The lowest BCUT2D eigenvalue weighted by atomic mass is 9.99. The summed E-state index contributed by atoms with van der Waals surface area (Å²) in [5.74, 6) is 2.13. The number of rotatable bonds is 5. The maximum absolute atomic E-state index is 4.86. The Morgan fingerprint density at radius 2 is 2.14 bits per heavy atom. The SMILES string of the molecule is CC1CCCN(c2cnc(C(C)C)nc2CNC2CC2)C1. The Bertz CT molecular complexity index is 482. The number of piperidine rings is 1. The Hall–Kier alpha value is -1.16. The Balaban J connectivity index is 1.81. The number of aromatic nitrogens is 2. The van der Waals surface area contributed by atoms with Crippen LogP contribution in [0.15, 0.2) is 6.20 Å². The zero-order valence-corrected chi connectivity index (χ0v) is 13.6. The van der Waals surface area contributed by atoms with Gasteiger partial charge < -0.3 is 10.2 Å². The average molecular weight is 288 g/mol. The van der Waals surface area contributed by atoms with Crippen LogP contribution in [0.5, 0.6) is 0 Å². The molecule has 4 nitrogen and oxygen atoms in total. The largest absolute Gasteiger partial charge is 0.369 e. The van der Waals surface area contributed by atoms with E-state index in [-0.39, 0.29) is 0 Å². The first-order valence-corrected chi connectivity index (χ1v) is 8.47. The van der Waals surface area contributed by atoms with Gasteiger partial charge in [0.25, 0.3) is 0 Å². The summed E-state index contributed by atoms with van der Waals surface area (Å²) >= 11 is 0. The molecule has 1 N–H and O–H groups in total. The molecular weight excluding hydrogens is 260 g/mol. The van der Waals surface area contributed by atoms with Gasteiger partial charge in [-0.25, -0.2) is 9.97 Å². The highest BCUT2D eigenvalue weighted by Gasteiger charge is 2.24. The van der Waals surface area contributed by atoms with E-state index in [4.69, 9.17) is 4.98 Å². The molecule has 0 radical (unpaired) electrons. The number of hydrogen-bond donors (Lipinski definition) is 1. The van der Waals surface area contributed by atoms with Gasteiger partial charge in [-0.3, -0.25) is 0 Å². The van der Waals surface area contributed by atoms with Gasteiger partial charge in [0.2, 0.25) is 0 Å². The van der Waals surface area contributed by atoms with E-state index in [9.17, 15) is 0 Å². The van der Waals surface area contributed by atoms with Crippen molar-refractivity contribution in [1.82, 2.24) is 15.3 Å². The highest BCUT2D eigenvalue weighted by atomic mass is 15.2. The molecule has 1 aliphatic heterocycles. The van der Waals surface area contributed by atoms with Gasteiger partial charge in [-0.2, -0.15) is 0 Å². The Morgan fingerprint density at radius 1 is 1.33 bits per heavy atom. The lowest BCUT2D eigenvalue weighted by molar-refractivity contribution is 0.444. The van der Waals surface area contributed by atoms with Gasteiger partial charge >= 0.3 is 0 Å². The molecule has 3 rings (SSSR count). The second-order valence-electron chi connectivity index (χ2n) is 7.06. The summed E-state index contributed by atoms with van der Waals surface area (Å²) in [5.41, 5.74) is 2.44. The van der Waals surface area contributed by atoms with Crippen molar-refractivity contribution in [3.63, 3.8) is 0 Å². The van der Waals surface area contributed by atoms with E-state index >= 15 is 0 Å². The summed E-state index contributed by atoms with van der Waals surface area (Å²) in [6, 6.07) is 0.718. The molecular formula is C17H28N4. The molecule has 1 aromatic rings. The first-order valence-electron chi connectivity index (χ1n) is 8.47. The van der Waals surface area contributed by atoms with Gasteiger partial charge in [-0.1, -0.05) is 20.8 Å². The first kappa shape index (κ1) is 14.8. The normalized spacial score (nSPS) is 22.9. The number of nitrogens with zero attached hydrogens (tertiary/aromatic N) is 3. The monoisotopic (exact) mass is 288 g/mol. The fourth-order valence-corrected chi connectivity index (χ4v) is 3.04. The average Bonchev–Trinajstić information content (AvgIpc) is 3.29. The van der Waals surface area contributed by atoms with Crippen LogP contribution in [-0.2, 0) is 6.54 Å². The molecule has 2 fully saturated rings. The standard InChI is InChI=1S/C17H28N4/c1-12(2)17-19-10-16(21-8-4-5-13(3)11-21)15(20-17)9-18-14-6-7-14/h10,12-14,18H,4-9,11H2,1-3H3. The second kappa shape index (κ2) is 6.30. The van der Waals surface area contributed by atoms with Crippen molar-refractivity contribution >= 4 is 5.69 Å². The molecule has 1 saturated heterocycles. The molecule has 0 spiro atoms. The summed E-state index contributed by atoms with van der Waals surface area (Å²) in [4.78, 5) is 11.9. The number of hydrogen-bond acceptors (Lipinski definition) is 4. The van der Waals surface area contributed by atoms with Crippen LogP contribution in [0.1, 0.15) is 63.9 Å². The maximum atomic E-state index is 4.86. The maximum Gasteiger partial charge on any atom is 0.131 e. The van der Waals surface area contributed by atoms with Crippen LogP contribution in [0.25, 0.3) is 0 Å². The Morgan fingerprint density at radius 3 is 2.81 bits per heavy atom. The summed E-state index contributed by atoms with van der Waals surface area (Å²) < 4.78 is 0. The number of nitrogens with one attached hydrogen (secondary N) is 1. The topological polar surface area (TPSA) is 41.1 Å². The van der Waals surface area contributed by atoms with E-state index < -0.39 is 0 Å². The highest BCUT2D eigenvalue weighted by Crippen LogP contribution is 2.27. The third-order valence-electron chi connectivity index (χ3n) is 4.51. The van der Waals surface area contributed by atoms with Crippen LogP contribution in [0.3, 0.4) is 0 Å². The van der Waals surface area contributed by atoms with Gasteiger partial charge in [0.15, 0.2) is 0 Å². The minimum atomic E-state index is 0.388. The fraction of sp³-hybridized carbons (Fsp3) is 0.765. The molecule has 2 heterocycles. The Kier molecular flexibility index (Phi) is 4.43. The molecule has 1 aromatic heterocycles. The van der Waals surface area contributed by atoms with Crippen LogP contribution in [0.2, 0.25) is 0 Å². The lowest BCUT2D eigenvalue weighted by Gasteiger charge is -2.33. The number of anilines is 1. The molecule has 1 atom stereocenters. The molecule has 1 saturated carbocycles. The molecule has 0 bridgehead atoms. The van der Waals surface area contributed by atoms with Crippen molar-refractivity contribution in [3.8, 4) is 0 Å². The molecule has 1 aliphatic carbocycles. The van der Waals surface area contributed by atoms with E-state index in [1.165, 1.54) is 37.1 Å². The second-order valence-corrected chi connectivity index (χ2v) is 7.06. The van der Waals surface area contributed by atoms with E-state index in [1.54, 1.807) is 0 Å². The minimum Gasteiger partial charge on any atom is -0.369 e. The molecule has 0 amide bonds. The minimum absolute atomic E-state index is 0.388. The van der Waals surface area contributed by atoms with Crippen molar-refractivity contribution in [2.24, 2.45) is 5.92 Å². The van der Waals surface area contributed by atoms with Gasteiger partial charge in [0.1, 0.15) is 5.82 Å². The van der Waals surface area contributed by atoms with Gasteiger partial charge in [0.05, 0.1) is 17.6 Å². The van der Waals surface area contributed by atoms with Crippen LogP contribution in [-0.4, -0.2) is 29.1 Å². The van der Waals surface area contributed by atoms with Crippen LogP contribution in [0, 0.1) is 5.92 Å². The van der Waals surface area contributed by atoms with Crippen molar-refractivity contribution in [1.29, 1.82) is 0 Å². The molecule has 116 valence electrons. The van der Waals surface area contributed by atoms with E-state index in [0.717, 1.165) is 37.4 Å². The molecule has 0 aromatic carbocycles. The predicted octanol–water partition coefficient (Wildman–Crippen LogP) is 3.09. The smallest absolute Gasteiger partial charge is 0.131 e. The first-order chi connectivity index (χ1) is 10.1. The third kappa shape index (κ3) is 3.73. The predicted molar refractivity (Wildman–Crippen MR) is 86.6 cm³/mol.